The number of nitrogens with one attached hydrogen (secondary N) is 3. The summed E-state index contributed by atoms with van der Waals surface area (Å²) in [6.45, 7) is 15.1. The van der Waals surface area contributed by atoms with Crippen molar-refractivity contribution >= 4 is 42.3 Å². The van der Waals surface area contributed by atoms with Crippen LogP contribution in [-0.2, 0) is 34.9 Å². The maximum atomic E-state index is 14.1. The number of carbonyl (C=O) groups is 2. The van der Waals surface area contributed by atoms with Crippen LogP contribution in [0.2, 0.25) is 0 Å². The average Bonchev–Trinajstić information content (AvgIpc) is 3.30. The van der Waals surface area contributed by atoms with Crippen molar-refractivity contribution in [3.63, 3.8) is 0 Å². The third kappa shape index (κ3) is 10.5. The van der Waals surface area contributed by atoms with Gasteiger partial charge < -0.3 is 29.8 Å². The molecule has 0 amide bonds. The van der Waals surface area contributed by atoms with Crippen molar-refractivity contribution in [3.05, 3.63) is 6.33 Å². The lowest BCUT2D eigenvalue weighted by molar-refractivity contribution is -0.150. The largest absolute Gasteiger partial charge is 0.462 e. The summed E-state index contributed by atoms with van der Waals surface area (Å²) in [5, 5.41) is 9.08. The first-order valence-corrected chi connectivity index (χ1v) is 16.1. The van der Waals surface area contributed by atoms with Gasteiger partial charge in [-0.25, -0.2) is 15.2 Å². The van der Waals surface area contributed by atoms with E-state index in [9.17, 15) is 14.2 Å². The molecule has 0 aliphatic heterocycles. The summed E-state index contributed by atoms with van der Waals surface area (Å²) < 4.78 is 32.4. The Hall–Kier alpha value is -2.80. The molecule has 0 bridgehead atoms. The molecule has 0 fully saturated rings. The molecule has 14 nitrogen and oxygen atoms in total. The van der Waals surface area contributed by atoms with E-state index in [1.165, 1.54) is 0 Å². The summed E-state index contributed by atoms with van der Waals surface area (Å²) in [6.07, 6.45) is 2.17. The molecule has 2 rings (SSSR count). The van der Waals surface area contributed by atoms with E-state index in [0.717, 1.165) is 6.42 Å². The summed E-state index contributed by atoms with van der Waals surface area (Å²) in [7, 11) is -3.65. The van der Waals surface area contributed by atoms with Gasteiger partial charge >= 0.3 is 11.9 Å². The Morgan fingerprint density at radius 2 is 1.51 bits per heavy atom. The molecule has 3 unspecified atom stereocenters. The van der Waals surface area contributed by atoms with E-state index in [1.807, 2.05) is 6.92 Å². The minimum Gasteiger partial charge on any atom is -0.462 e. The third-order valence-electron chi connectivity index (χ3n) is 6.04. The number of anilines is 2. The van der Waals surface area contributed by atoms with E-state index in [1.54, 1.807) is 52.4 Å². The molecule has 0 saturated heterocycles. The highest BCUT2D eigenvalue weighted by Crippen LogP contribution is 2.38. The molecule has 0 aliphatic carbocycles. The number of fused-ring (bicyclic) bond motifs is 1. The molecule has 41 heavy (non-hydrogen) atoms. The van der Waals surface area contributed by atoms with Gasteiger partial charge in [-0.15, -0.1) is 0 Å². The maximum absolute atomic E-state index is 14.1. The first kappa shape index (κ1) is 34.4. The number of esters is 2. The molecule has 3 atom stereocenters. The Morgan fingerprint density at radius 3 is 2.00 bits per heavy atom. The predicted molar refractivity (Wildman–Crippen MR) is 158 cm³/mol. The van der Waals surface area contributed by atoms with Crippen molar-refractivity contribution in [2.75, 3.05) is 24.0 Å². The van der Waals surface area contributed by atoms with Gasteiger partial charge in [0, 0.05) is 12.6 Å². The molecule has 15 heteroatoms. The number of rotatable bonds is 18. The van der Waals surface area contributed by atoms with Crippen LogP contribution in [0, 0.1) is 0 Å². The number of ether oxygens (including phenoxy) is 3. The van der Waals surface area contributed by atoms with Crippen LogP contribution in [0.3, 0.4) is 0 Å². The van der Waals surface area contributed by atoms with Crippen LogP contribution in [0.25, 0.3) is 11.2 Å². The zero-order chi connectivity index (χ0) is 30.7. The van der Waals surface area contributed by atoms with Crippen LogP contribution in [0.5, 0.6) is 0 Å². The molecule has 2 aromatic rings. The maximum Gasteiger partial charge on any atom is 0.323 e. The number of aromatic nitrogens is 4. The fraction of sp³-hybridized carbons (Fsp3) is 0.731. The highest BCUT2D eigenvalue weighted by atomic mass is 31.2. The van der Waals surface area contributed by atoms with Gasteiger partial charge in [-0.3, -0.25) is 14.2 Å². The van der Waals surface area contributed by atoms with Crippen LogP contribution < -0.4 is 21.2 Å². The van der Waals surface area contributed by atoms with Crippen molar-refractivity contribution in [1.29, 1.82) is 0 Å². The predicted octanol–water partition coefficient (Wildman–Crippen LogP) is 3.43. The first-order chi connectivity index (χ1) is 19.3. The van der Waals surface area contributed by atoms with E-state index in [0.29, 0.717) is 36.4 Å². The molecule has 2 aromatic heterocycles. The van der Waals surface area contributed by atoms with Gasteiger partial charge in [0.25, 0.3) is 0 Å². The molecular weight excluding hydrogens is 551 g/mol. The number of nitrogens with zero attached hydrogens (tertiary/aromatic N) is 4. The fourth-order valence-corrected chi connectivity index (χ4v) is 5.98. The number of nitrogens with two attached hydrogens (primary N) is 1. The second-order valence-corrected chi connectivity index (χ2v) is 12.7. The zero-order valence-corrected chi connectivity index (χ0v) is 26.4. The van der Waals surface area contributed by atoms with Gasteiger partial charge in [-0.05, 0) is 53.9 Å². The number of nitrogen functional groups attached to an aromatic ring is 1. The van der Waals surface area contributed by atoms with Crippen LogP contribution in [-0.4, -0.2) is 74.7 Å². The van der Waals surface area contributed by atoms with Crippen molar-refractivity contribution in [1.82, 2.24) is 29.7 Å². The number of carbonyl (C=O) groups excluding carboxylic acids is 2. The Kier molecular flexibility index (Phi) is 13.4. The van der Waals surface area contributed by atoms with Gasteiger partial charge in [0.05, 0.1) is 25.1 Å². The molecule has 2 heterocycles. The van der Waals surface area contributed by atoms with Crippen LogP contribution in [0.4, 0.5) is 11.8 Å². The summed E-state index contributed by atoms with van der Waals surface area (Å²) in [5.41, 5.74) is 7.07. The summed E-state index contributed by atoms with van der Waals surface area (Å²) in [5.74, 6) is -0.406. The minimum absolute atomic E-state index is 0.113. The number of hydrogen-bond acceptors (Lipinski definition) is 11. The highest BCUT2D eigenvalue weighted by Gasteiger charge is 2.34. The fourth-order valence-electron chi connectivity index (χ4n) is 3.78. The quantitative estimate of drug-likeness (QED) is 0.111. The highest BCUT2D eigenvalue weighted by molar-refractivity contribution is 7.59. The molecule has 232 valence electrons. The van der Waals surface area contributed by atoms with E-state index in [4.69, 9.17) is 19.9 Å². The Morgan fingerprint density at radius 1 is 0.951 bits per heavy atom. The van der Waals surface area contributed by atoms with Gasteiger partial charge in [0.2, 0.25) is 13.4 Å². The minimum atomic E-state index is -3.65. The smallest absolute Gasteiger partial charge is 0.323 e. The van der Waals surface area contributed by atoms with Gasteiger partial charge in [-0.1, -0.05) is 20.8 Å². The summed E-state index contributed by atoms with van der Waals surface area (Å²) >= 11 is 0. The topological polar surface area (TPSA) is 185 Å². The lowest BCUT2D eigenvalue weighted by Gasteiger charge is -2.28. The SMILES string of the molecule is CCC(C)Nc1nc(N)nc2c1ncn2CCOCP(=O)(NC(CC)C(=O)OC(C)C)NC(CC)C(=O)OC(C)C. The van der Waals surface area contributed by atoms with Gasteiger partial charge in [-0.2, -0.15) is 9.97 Å². The van der Waals surface area contributed by atoms with E-state index < -0.39 is 31.5 Å². The first-order valence-electron chi connectivity index (χ1n) is 14.2. The van der Waals surface area contributed by atoms with E-state index >= 15 is 0 Å². The number of hydrogen-bond donors (Lipinski definition) is 4. The van der Waals surface area contributed by atoms with Crippen molar-refractivity contribution < 1.29 is 28.4 Å². The molecule has 0 saturated carbocycles. The summed E-state index contributed by atoms with van der Waals surface area (Å²) in [4.78, 5) is 38.4. The number of imidazole rings is 1. The van der Waals surface area contributed by atoms with Gasteiger partial charge in [0.1, 0.15) is 18.4 Å². The van der Waals surface area contributed by atoms with Crippen LogP contribution in [0.15, 0.2) is 6.33 Å². The van der Waals surface area contributed by atoms with E-state index in [2.05, 4.69) is 37.4 Å². The molecule has 0 spiro atoms. The molecule has 0 aromatic carbocycles. The van der Waals surface area contributed by atoms with Gasteiger partial charge in [0.15, 0.2) is 17.0 Å². The second kappa shape index (κ2) is 16.0. The Labute approximate surface area is 242 Å². The van der Waals surface area contributed by atoms with E-state index in [-0.39, 0.29) is 37.2 Å². The zero-order valence-electron chi connectivity index (χ0n) is 25.5. The average molecular weight is 599 g/mol. The second-order valence-electron chi connectivity index (χ2n) is 10.4. The van der Waals surface area contributed by atoms with Crippen molar-refractivity contribution in [3.8, 4) is 0 Å². The molecular formula is C26H47N8O6P. The standard InChI is InChI=1S/C26H47N8O6P/c1-9-18(8)29-22-21-23(31-26(27)30-22)34(14-28-21)12-13-38-15-41(37,32-19(10-2)24(35)39-16(4)5)33-20(11-3)25(36)40-17(6)7/h14,16-20H,9-13,15H2,1-8H3,(H2,32,33,37)(H3,27,29,30,31). The van der Waals surface area contributed by atoms with Crippen molar-refractivity contribution in [2.45, 2.75) is 112 Å². The van der Waals surface area contributed by atoms with Crippen LogP contribution in [0.1, 0.15) is 74.7 Å². The van der Waals surface area contributed by atoms with Crippen molar-refractivity contribution in [2.24, 2.45) is 0 Å². The lowest BCUT2D eigenvalue weighted by atomic mass is 10.2. The lowest BCUT2D eigenvalue weighted by Crippen LogP contribution is -2.45. The molecule has 0 radical (unpaired) electrons. The molecule has 5 N–H and O–H groups in total. The Balaban J connectivity index is 2.19. The monoisotopic (exact) mass is 598 g/mol. The Bertz CT molecular complexity index is 1150. The molecule has 0 aliphatic rings. The normalized spacial score (nSPS) is 15.5. The van der Waals surface area contributed by atoms with Crippen LogP contribution >= 0.6 is 7.44 Å². The third-order valence-corrected chi connectivity index (χ3v) is 8.05. The summed E-state index contributed by atoms with van der Waals surface area (Å²) in [6, 6.07) is -1.57.